The van der Waals surface area contributed by atoms with Crippen LogP contribution in [0.3, 0.4) is 0 Å². The molecule has 0 bridgehead atoms. The summed E-state index contributed by atoms with van der Waals surface area (Å²) in [7, 11) is 0. The zero-order valence-electron chi connectivity index (χ0n) is 12.5. The summed E-state index contributed by atoms with van der Waals surface area (Å²) in [5, 5.41) is 0. The van der Waals surface area contributed by atoms with E-state index in [1.165, 1.54) is 6.07 Å². The largest absolute Gasteiger partial charge is 0.493 e. The standard InChI is InChI=1S/C15H20FN3O3/c1-9(20)19-4-2-10(3-5-19)8-22-11-6-12(16)14(15(18)21)13(17)7-11/h6-7,10H,2-5,8,17H2,1H3,(H2,18,21). The number of amides is 2. The van der Waals surface area contributed by atoms with E-state index in [2.05, 4.69) is 0 Å². The molecule has 1 fully saturated rings. The lowest BCUT2D eigenvalue weighted by atomic mass is 9.98. The van der Waals surface area contributed by atoms with Gasteiger partial charge in [-0.15, -0.1) is 0 Å². The Hall–Kier alpha value is -2.31. The number of rotatable bonds is 4. The molecule has 2 amide bonds. The maximum atomic E-state index is 13.8. The van der Waals surface area contributed by atoms with Crippen molar-refractivity contribution in [1.82, 2.24) is 4.90 Å². The van der Waals surface area contributed by atoms with E-state index in [0.29, 0.717) is 25.6 Å². The van der Waals surface area contributed by atoms with Gasteiger partial charge in [0.25, 0.3) is 5.91 Å². The van der Waals surface area contributed by atoms with E-state index in [0.717, 1.165) is 18.9 Å². The van der Waals surface area contributed by atoms with Gasteiger partial charge < -0.3 is 21.1 Å². The monoisotopic (exact) mass is 309 g/mol. The third-order valence-corrected chi connectivity index (χ3v) is 3.89. The number of primary amides is 1. The van der Waals surface area contributed by atoms with Gasteiger partial charge in [0.1, 0.15) is 11.6 Å². The van der Waals surface area contributed by atoms with Gasteiger partial charge in [-0.25, -0.2) is 4.39 Å². The Bertz CT molecular complexity index is 560. The summed E-state index contributed by atoms with van der Waals surface area (Å²) in [6.45, 7) is 3.39. The van der Waals surface area contributed by atoms with E-state index in [1.54, 1.807) is 11.8 Å². The maximum absolute atomic E-state index is 13.8. The minimum absolute atomic E-state index is 0.0334. The summed E-state index contributed by atoms with van der Waals surface area (Å²) in [5.74, 6) is -1.03. The third kappa shape index (κ3) is 3.66. The molecule has 1 saturated heterocycles. The summed E-state index contributed by atoms with van der Waals surface area (Å²) in [4.78, 5) is 24.1. The topological polar surface area (TPSA) is 98.7 Å². The van der Waals surface area contributed by atoms with E-state index < -0.39 is 11.7 Å². The van der Waals surface area contributed by atoms with Crippen LogP contribution in [-0.4, -0.2) is 36.4 Å². The smallest absolute Gasteiger partial charge is 0.253 e. The molecule has 1 aromatic rings. The van der Waals surface area contributed by atoms with Crippen LogP contribution in [0.5, 0.6) is 5.75 Å². The van der Waals surface area contributed by atoms with Crippen molar-refractivity contribution >= 4 is 17.5 Å². The second kappa shape index (κ2) is 6.64. The van der Waals surface area contributed by atoms with Gasteiger partial charge in [-0.1, -0.05) is 0 Å². The number of nitrogen functional groups attached to an aromatic ring is 1. The van der Waals surface area contributed by atoms with Crippen LogP contribution in [0.1, 0.15) is 30.1 Å². The number of benzene rings is 1. The molecule has 1 aromatic carbocycles. The maximum Gasteiger partial charge on any atom is 0.253 e. The average Bonchev–Trinajstić information content (AvgIpc) is 2.44. The van der Waals surface area contributed by atoms with E-state index >= 15 is 0 Å². The van der Waals surface area contributed by atoms with Crippen molar-refractivity contribution in [2.24, 2.45) is 11.7 Å². The lowest BCUT2D eigenvalue weighted by Gasteiger charge is -2.31. The molecular weight excluding hydrogens is 289 g/mol. The van der Waals surface area contributed by atoms with Crippen molar-refractivity contribution in [2.75, 3.05) is 25.4 Å². The normalized spacial score (nSPS) is 15.6. The number of halogens is 1. The van der Waals surface area contributed by atoms with Crippen molar-refractivity contribution < 1.29 is 18.7 Å². The van der Waals surface area contributed by atoms with Crippen molar-refractivity contribution in [3.05, 3.63) is 23.5 Å². The molecule has 1 heterocycles. The SMILES string of the molecule is CC(=O)N1CCC(COc2cc(N)c(C(N)=O)c(F)c2)CC1. The van der Waals surface area contributed by atoms with Crippen molar-refractivity contribution in [3.8, 4) is 5.75 Å². The Morgan fingerprint density at radius 3 is 2.50 bits per heavy atom. The zero-order valence-corrected chi connectivity index (χ0v) is 12.5. The van der Waals surface area contributed by atoms with Crippen LogP contribution in [0.15, 0.2) is 12.1 Å². The van der Waals surface area contributed by atoms with Gasteiger partial charge >= 0.3 is 0 Å². The number of ether oxygens (including phenoxy) is 1. The fourth-order valence-corrected chi connectivity index (χ4v) is 2.57. The van der Waals surface area contributed by atoms with Crippen LogP contribution in [-0.2, 0) is 4.79 Å². The molecule has 120 valence electrons. The molecule has 6 nitrogen and oxygen atoms in total. The lowest BCUT2D eigenvalue weighted by molar-refractivity contribution is -0.130. The van der Waals surface area contributed by atoms with Gasteiger partial charge in [0.2, 0.25) is 5.91 Å². The molecule has 0 radical (unpaired) electrons. The van der Waals surface area contributed by atoms with Gasteiger partial charge in [0.15, 0.2) is 0 Å². The van der Waals surface area contributed by atoms with E-state index in [4.69, 9.17) is 16.2 Å². The second-order valence-electron chi connectivity index (χ2n) is 5.49. The van der Waals surface area contributed by atoms with Crippen molar-refractivity contribution in [3.63, 3.8) is 0 Å². The highest BCUT2D eigenvalue weighted by molar-refractivity contribution is 5.98. The van der Waals surface area contributed by atoms with Gasteiger partial charge in [-0.2, -0.15) is 0 Å². The predicted octanol–water partition coefficient (Wildman–Crippen LogP) is 1.14. The van der Waals surface area contributed by atoms with Crippen LogP contribution in [0.25, 0.3) is 0 Å². The van der Waals surface area contributed by atoms with Crippen molar-refractivity contribution in [2.45, 2.75) is 19.8 Å². The molecule has 7 heteroatoms. The summed E-state index contributed by atoms with van der Waals surface area (Å²) in [6.07, 6.45) is 1.69. The molecule has 1 aliphatic heterocycles. The molecular formula is C15H20FN3O3. The summed E-state index contributed by atoms with van der Waals surface area (Å²) in [5.41, 5.74) is 10.3. The Kier molecular flexibility index (Phi) is 4.85. The van der Waals surface area contributed by atoms with Crippen LogP contribution in [0.2, 0.25) is 0 Å². The number of likely N-dealkylation sites (tertiary alicyclic amines) is 1. The summed E-state index contributed by atoms with van der Waals surface area (Å²) < 4.78 is 19.3. The molecule has 0 unspecified atom stereocenters. The van der Waals surface area contributed by atoms with Crippen LogP contribution >= 0.6 is 0 Å². The predicted molar refractivity (Wildman–Crippen MR) is 79.8 cm³/mol. The molecule has 1 aliphatic rings. The molecule has 4 N–H and O–H groups in total. The number of hydrogen-bond donors (Lipinski definition) is 2. The van der Waals surface area contributed by atoms with E-state index in [-0.39, 0.29) is 22.9 Å². The number of nitrogens with zero attached hydrogens (tertiary/aromatic N) is 1. The molecule has 0 aliphatic carbocycles. The first-order chi connectivity index (χ1) is 10.4. The first kappa shape index (κ1) is 16.1. The highest BCUT2D eigenvalue weighted by Crippen LogP contribution is 2.25. The lowest BCUT2D eigenvalue weighted by Crippen LogP contribution is -2.38. The number of carbonyl (C=O) groups is 2. The first-order valence-corrected chi connectivity index (χ1v) is 7.15. The molecule has 0 saturated carbocycles. The van der Waals surface area contributed by atoms with E-state index in [9.17, 15) is 14.0 Å². The average molecular weight is 309 g/mol. The molecule has 0 atom stereocenters. The number of nitrogens with two attached hydrogens (primary N) is 2. The molecule has 0 spiro atoms. The van der Waals surface area contributed by atoms with E-state index in [1.807, 2.05) is 0 Å². The fourth-order valence-electron chi connectivity index (χ4n) is 2.57. The number of hydrogen-bond acceptors (Lipinski definition) is 4. The van der Waals surface area contributed by atoms with Crippen LogP contribution in [0, 0.1) is 11.7 Å². The molecule has 2 rings (SSSR count). The Morgan fingerprint density at radius 1 is 1.36 bits per heavy atom. The fraction of sp³-hybridized carbons (Fsp3) is 0.467. The molecule has 22 heavy (non-hydrogen) atoms. The number of piperidine rings is 1. The van der Waals surface area contributed by atoms with Gasteiger partial charge in [-0.3, -0.25) is 9.59 Å². The summed E-state index contributed by atoms with van der Waals surface area (Å²) >= 11 is 0. The third-order valence-electron chi connectivity index (χ3n) is 3.89. The first-order valence-electron chi connectivity index (χ1n) is 7.15. The number of carbonyl (C=O) groups excluding carboxylic acids is 2. The van der Waals surface area contributed by atoms with Gasteiger partial charge in [-0.05, 0) is 18.8 Å². The summed E-state index contributed by atoms with van der Waals surface area (Å²) in [6, 6.07) is 2.51. The van der Waals surface area contributed by atoms with Gasteiger partial charge in [0, 0.05) is 32.1 Å². The minimum Gasteiger partial charge on any atom is -0.493 e. The van der Waals surface area contributed by atoms with Crippen LogP contribution < -0.4 is 16.2 Å². The van der Waals surface area contributed by atoms with Crippen LogP contribution in [0.4, 0.5) is 10.1 Å². The Morgan fingerprint density at radius 2 is 2.00 bits per heavy atom. The van der Waals surface area contributed by atoms with Gasteiger partial charge in [0.05, 0.1) is 17.9 Å². The Balaban J connectivity index is 1.93. The second-order valence-corrected chi connectivity index (χ2v) is 5.49. The zero-order chi connectivity index (χ0) is 16.3. The molecule has 0 aromatic heterocycles. The van der Waals surface area contributed by atoms with Crippen molar-refractivity contribution in [1.29, 1.82) is 0 Å². The number of anilines is 1. The highest BCUT2D eigenvalue weighted by atomic mass is 19.1. The minimum atomic E-state index is -0.904. The highest BCUT2D eigenvalue weighted by Gasteiger charge is 2.21. The Labute approximate surface area is 128 Å². The quantitative estimate of drug-likeness (QED) is 0.815.